The third-order valence-corrected chi connectivity index (χ3v) is 3.34. The van der Waals surface area contributed by atoms with E-state index in [0.717, 1.165) is 16.0 Å². The highest BCUT2D eigenvalue weighted by Crippen LogP contribution is 2.21. The number of nitrogens with two attached hydrogens (primary N) is 1. The molecule has 5 nitrogen and oxygen atoms in total. The van der Waals surface area contributed by atoms with E-state index in [2.05, 4.69) is 31.2 Å². The van der Waals surface area contributed by atoms with E-state index in [0.29, 0.717) is 12.0 Å². The Hall–Kier alpha value is -2.15. The first-order valence-electron chi connectivity index (χ1n) is 6.60. The van der Waals surface area contributed by atoms with Gasteiger partial charge in [0.05, 0.1) is 6.61 Å². The minimum absolute atomic E-state index is 0.0938. The van der Waals surface area contributed by atoms with Gasteiger partial charge >= 0.3 is 0 Å². The van der Waals surface area contributed by atoms with Gasteiger partial charge in [0.2, 0.25) is 0 Å². The lowest BCUT2D eigenvalue weighted by Crippen LogP contribution is -2.17. The third-order valence-electron chi connectivity index (χ3n) is 2.90. The molecule has 0 aliphatic heterocycles. The van der Waals surface area contributed by atoms with Crippen molar-refractivity contribution in [1.82, 2.24) is 4.98 Å². The molecule has 0 saturated carbocycles. The van der Waals surface area contributed by atoms with E-state index in [1.807, 2.05) is 12.1 Å². The molecule has 1 aromatic carbocycles. The van der Waals surface area contributed by atoms with Crippen molar-refractivity contribution in [3.05, 3.63) is 52.5 Å². The molecule has 0 spiro atoms. The standard InChI is InChI=1S/C15H16BrFN4O/c1-19-15(18)22-7-5-10-8-11(2-3-13(10)17)21-12-4-6-20-14(16)9-12/h2-4,6,8-9H,5,7H2,1H3,(H2,18,19)(H,20,21). The number of aliphatic imine (C=N–C) groups is 1. The molecule has 0 aliphatic rings. The van der Waals surface area contributed by atoms with Gasteiger partial charge in [-0.1, -0.05) is 0 Å². The summed E-state index contributed by atoms with van der Waals surface area (Å²) in [6.07, 6.45) is 2.08. The zero-order valence-corrected chi connectivity index (χ0v) is 13.6. The monoisotopic (exact) mass is 366 g/mol. The van der Waals surface area contributed by atoms with Gasteiger partial charge in [-0.3, -0.25) is 0 Å². The van der Waals surface area contributed by atoms with Gasteiger partial charge in [0.25, 0.3) is 6.02 Å². The van der Waals surface area contributed by atoms with Gasteiger partial charge < -0.3 is 15.8 Å². The van der Waals surface area contributed by atoms with Crippen molar-refractivity contribution in [2.75, 3.05) is 19.0 Å². The number of hydrogen-bond donors (Lipinski definition) is 2. The summed E-state index contributed by atoms with van der Waals surface area (Å²) >= 11 is 3.31. The molecule has 116 valence electrons. The molecule has 0 saturated heterocycles. The summed E-state index contributed by atoms with van der Waals surface area (Å²) in [5.41, 5.74) is 7.62. The zero-order valence-electron chi connectivity index (χ0n) is 12.0. The highest BCUT2D eigenvalue weighted by Gasteiger charge is 2.05. The molecule has 2 rings (SSSR count). The lowest BCUT2D eigenvalue weighted by atomic mass is 10.1. The summed E-state index contributed by atoms with van der Waals surface area (Å²) in [6.45, 7) is 0.268. The first-order valence-corrected chi connectivity index (χ1v) is 7.40. The highest BCUT2D eigenvalue weighted by molar-refractivity contribution is 9.10. The van der Waals surface area contributed by atoms with Gasteiger partial charge in [-0.25, -0.2) is 14.4 Å². The molecule has 0 amide bonds. The number of aromatic nitrogens is 1. The maximum atomic E-state index is 13.8. The Morgan fingerprint density at radius 2 is 2.14 bits per heavy atom. The molecule has 3 N–H and O–H groups in total. The van der Waals surface area contributed by atoms with Crippen LogP contribution in [0.25, 0.3) is 0 Å². The molecule has 0 unspecified atom stereocenters. The van der Waals surface area contributed by atoms with E-state index in [-0.39, 0.29) is 18.4 Å². The predicted molar refractivity (Wildman–Crippen MR) is 88.8 cm³/mol. The molecule has 7 heteroatoms. The molecule has 1 aromatic heterocycles. The van der Waals surface area contributed by atoms with Crippen LogP contribution >= 0.6 is 15.9 Å². The normalized spacial score (nSPS) is 11.3. The summed E-state index contributed by atoms with van der Waals surface area (Å²) in [5.74, 6) is -0.280. The summed E-state index contributed by atoms with van der Waals surface area (Å²) in [7, 11) is 1.54. The van der Waals surface area contributed by atoms with E-state index in [1.165, 1.54) is 13.1 Å². The van der Waals surface area contributed by atoms with Crippen molar-refractivity contribution in [3.63, 3.8) is 0 Å². The van der Waals surface area contributed by atoms with Crippen LogP contribution in [0.1, 0.15) is 5.56 Å². The van der Waals surface area contributed by atoms with Gasteiger partial charge in [-0.2, -0.15) is 0 Å². The summed E-state index contributed by atoms with van der Waals surface area (Å²) in [5, 5.41) is 3.20. The second kappa shape index (κ2) is 7.74. The summed E-state index contributed by atoms with van der Waals surface area (Å²) in [4.78, 5) is 7.73. The van der Waals surface area contributed by atoms with Crippen molar-refractivity contribution < 1.29 is 9.13 Å². The van der Waals surface area contributed by atoms with E-state index in [4.69, 9.17) is 10.5 Å². The molecule has 0 atom stereocenters. The number of rotatable bonds is 5. The second-order valence-electron chi connectivity index (χ2n) is 4.46. The Morgan fingerprint density at radius 3 is 2.86 bits per heavy atom. The maximum absolute atomic E-state index is 13.8. The second-order valence-corrected chi connectivity index (χ2v) is 5.27. The average Bonchev–Trinajstić information content (AvgIpc) is 2.50. The number of nitrogens with one attached hydrogen (secondary N) is 1. The smallest absolute Gasteiger partial charge is 0.281 e. The van der Waals surface area contributed by atoms with Crippen molar-refractivity contribution >= 4 is 33.3 Å². The molecule has 2 aromatic rings. The van der Waals surface area contributed by atoms with Crippen LogP contribution in [0.3, 0.4) is 0 Å². The van der Waals surface area contributed by atoms with Gasteiger partial charge in [0.15, 0.2) is 0 Å². The molecule has 0 radical (unpaired) electrons. The van der Waals surface area contributed by atoms with Gasteiger partial charge in [-0.15, -0.1) is 0 Å². The molecular formula is C15H16BrFN4O. The third kappa shape index (κ3) is 4.70. The van der Waals surface area contributed by atoms with Crippen molar-refractivity contribution in [2.45, 2.75) is 6.42 Å². The molecule has 1 heterocycles. The number of hydrogen-bond acceptors (Lipinski definition) is 4. The Kier molecular flexibility index (Phi) is 5.71. The quantitative estimate of drug-likeness (QED) is 0.484. The number of halogens is 2. The minimum atomic E-state index is -0.280. The highest BCUT2D eigenvalue weighted by atomic mass is 79.9. The molecule has 0 bridgehead atoms. The number of ether oxygens (including phenoxy) is 1. The number of amidine groups is 1. The first kappa shape index (κ1) is 16.2. The lowest BCUT2D eigenvalue weighted by Gasteiger charge is -2.10. The Bertz CT molecular complexity index is 678. The molecule has 22 heavy (non-hydrogen) atoms. The van der Waals surface area contributed by atoms with E-state index < -0.39 is 0 Å². The van der Waals surface area contributed by atoms with Crippen LogP contribution in [0.2, 0.25) is 0 Å². The van der Waals surface area contributed by atoms with Crippen LogP contribution in [-0.2, 0) is 11.2 Å². The molecular weight excluding hydrogens is 351 g/mol. The number of anilines is 2. The van der Waals surface area contributed by atoms with Crippen LogP contribution in [0, 0.1) is 5.82 Å². The van der Waals surface area contributed by atoms with Gasteiger partial charge in [-0.05, 0) is 51.8 Å². The average molecular weight is 367 g/mol. The fourth-order valence-corrected chi connectivity index (χ4v) is 2.19. The zero-order chi connectivity index (χ0) is 15.9. The fourth-order valence-electron chi connectivity index (χ4n) is 1.82. The van der Waals surface area contributed by atoms with Gasteiger partial charge in [0, 0.05) is 31.0 Å². The number of pyridine rings is 1. The van der Waals surface area contributed by atoms with Crippen molar-refractivity contribution in [1.29, 1.82) is 0 Å². The van der Waals surface area contributed by atoms with Crippen LogP contribution in [-0.4, -0.2) is 24.7 Å². The maximum Gasteiger partial charge on any atom is 0.281 e. The molecule has 0 aliphatic carbocycles. The largest absolute Gasteiger partial charge is 0.465 e. The number of benzene rings is 1. The summed E-state index contributed by atoms with van der Waals surface area (Å²) < 4.78 is 19.7. The van der Waals surface area contributed by atoms with Crippen molar-refractivity contribution in [3.8, 4) is 0 Å². The summed E-state index contributed by atoms with van der Waals surface area (Å²) in [6, 6.07) is 8.60. The van der Waals surface area contributed by atoms with E-state index in [9.17, 15) is 4.39 Å². The molecule has 0 fully saturated rings. The minimum Gasteiger partial charge on any atom is -0.465 e. The number of nitrogens with zero attached hydrogens (tertiary/aromatic N) is 2. The van der Waals surface area contributed by atoms with Crippen LogP contribution < -0.4 is 11.1 Å². The SMILES string of the molecule is CN=C(N)OCCc1cc(Nc2ccnc(Br)c2)ccc1F. The lowest BCUT2D eigenvalue weighted by molar-refractivity contribution is 0.301. The Morgan fingerprint density at radius 1 is 1.36 bits per heavy atom. The van der Waals surface area contributed by atoms with Gasteiger partial charge in [0.1, 0.15) is 10.4 Å². The van der Waals surface area contributed by atoms with Crippen LogP contribution in [0.4, 0.5) is 15.8 Å². The first-order chi connectivity index (χ1) is 10.6. The van der Waals surface area contributed by atoms with Crippen LogP contribution in [0.5, 0.6) is 0 Å². The Labute approximate surface area is 136 Å². The van der Waals surface area contributed by atoms with Crippen molar-refractivity contribution in [2.24, 2.45) is 10.7 Å². The van der Waals surface area contributed by atoms with E-state index >= 15 is 0 Å². The topological polar surface area (TPSA) is 72.5 Å². The van der Waals surface area contributed by atoms with Crippen LogP contribution in [0.15, 0.2) is 46.1 Å². The predicted octanol–water partition coefficient (Wildman–Crippen LogP) is 3.23. The fraction of sp³-hybridized carbons (Fsp3) is 0.200. The van der Waals surface area contributed by atoms with E-state index in [1.54, 1.807) is 18.3 Å². The Balaban J connectivity index is 2.06.